The van der Waals surface area contributed by atoms with Crippen molar-refractivity contribution in [2.75, 3.05) is 14.2 Å². The van der Waals surface area contributed by atoms with Gasteiger partial charge in [0.2, 0.25) is 0 Å². The maximum atomic E-state index is 5.42. The summed E-state index contributed by atoms with van der Waals surface area (Å²) < 4.78 is 12.9. The highest BCUT2D eigenvalue weighted by Gasteiger charge is 2.13. The second-order valence-electron chi connectivity index (χ2n) is 7.35. The number of para-hydroxylation sites is 2. The van der Waals surface area contributed by atoms with Gasteiger partial charge in [-0.15, -0.1) is 0 Å². The smallest absolute Gasteiger partial charge is 0.198 e. The van der Waals surface area contributed by atoms with Crippen molar-refractivity contribution in [1.29, 1.82) is 0 Å². The van der Waals surface area contributed by atoms with E-state index in [0.717, 1.165) is 28.1 Å². The highest BCUT2D eigenvalue weighted by Crippen LogP contribution is 2.28. The maximum absolute atomic E-state index is 5.42. The first-order chi connectivity index (χ1) is 15.7. The first-order valence-electron chi connectivity index (χ1n) is 10.3. The molecule has 0 aliphatic carbocycles. The molecule has 2 aromatic heterocycles. The fourth-order valence-electron chi connectivity index (χ4n) is 3.69. The van der Waals surface area contributed by atoms with Crippen LogP contribution in [0, 0.1) is 0 Å². The molecular weight excluding hydrogens is 400 g/mol. The Balaban J connectivity index is 1.61. The molecular formula is C26H22N4O2. The molecule has 0 radical (unpaired) electrons. The summed E-state index contributed by atoms with van der Waals surface area (Å²) in [5.74, 6) is 2.16. The standard InChI is InChI=1S/C26H22N4O2/c1-31-22-14-12-18(16-23(22)32-2)13-15-24-29-25-26(28-21-11-7-6-10-20(21)27-25)30(24)17-19-8-4-3-5-9-19/h3-16H,17H2,1-2H3. The summed E-state index contributed by atoms with van der Waals surface area (Å²) in [4.78, 5) is 14.4. The molecule has 0 aliphatic heterocycles. The number of ether oxygens (including phenoxy) is 2. The van der Waals surface area contributed by atoms with Gasteiger partial charge in [-0.3, -0.25) is 0 Å². The molecule has 6 heteroatoms. The first kappa shape index (κ1) is 19.8. The molecule has 0 amide bonds. The van der Waals surface area contributed by atoms with Crippen LogP contribution in [0.4, 0.5) is 0 Å². The Morgan fingerprint density at radius 1 is 0.750 bits per heavy atom. The largest absolute Gasteiger partial charge is 0.493 e. The number of aromatic nitrogens is 4. The van der Waals surface area contributed by atoms with E-state index in [-0.39, 0.29) is 0 Å². The maximum Gasteiger partial charge on any atom is 0.198 e. The SMILES string of the molecule is COc1ccc(C=Cc2nc3nc4ccccc4nc3n2Cc2ccccc2)cc1OC. The van der Waals surface area contributed by atoms with E-state index in [1.165, 1.54) is 5.56 Å². The van der Waals surface area contributed by atoms with Crippen molar-refractivity contribution >= 4 is 34.5 Å². The average molecular weight is 422 g/mol. The van der Waals surface area contributed by atoms with Gasteiger partial charge in [-0.25, -0.2) is 15.0 Å². The van der Waals surface area contributed by atoms with Crippen LogP contribution in [-0.2, 0) is 6.54 Å². The number of fused-ring (bicyclic) bond motifs is 2. The molecule has 0 aliphatic rings. The molecule has 0 fully saturated rings. The predicted molar refractivity (Wildman–Crippen MR) is 127 cm³/mol. The van der Waals surface area contributed by atoms with Crippen molar-refractivity contribution in [2.45, 2.75) is 6.54 Å². The summed E-state index contributed by atoms with van der Waals surface area (Å²) in [6.45, 7) is 0.649. The van der Waals surface area contributed by atoms with Crippen molar-refractivity contribution < 1.29 is 9.47 Å². The van der Waals surface area contributed by atoms with Gasteiger partial charge >= 0.3 is 0 Å². The van der Waals surface area contributed by atoms with Crippen LogP contribution in [0.3, 0.4) is 0 Å². The van der Waals surface area contributed by atoms with Gasteiger partial charge in [-0.1, -0.05) is 54.6 Å². The Kier molecular flexibility index (Phi) is 5.25. The predicted octanol–water partition coefficient (Wildman–Crippen LogP) is 5.22. The quantitative estimate of drug-likeness (QED) is 0.376. The Morgan fingerprint density at radius 2 is 1.47 bits per heavy atom. The Bertz CT molecular complexity index is 1420. The van der Waals surface area contributed by atoms with Crippen molar-refractivity contribution in [1.82, 2.24) is 19.5 Å². The lowest BCUT2D eigenvalue weighted by molar-refractivity contribution is 0.355. The number of hydrogen-bond acceptors (Lipinski definition) is 5. The Morgan fingerprint density at radius 3 is 2.22 bits per heavy atom. The van der Waals surface area contributed by atoms with Gasteiger partial charge in [-0.05, 0) is 41.5 Å². The summed E-state index contributed by atoms with van der Waals surface area (Å²) in [6.07, 6.45) is 3.99. The molecule has 0 saturated heterocycles. The zero-order valence-corrected chi connectivity index (χ0v) is 17.9. The normalized spacial score (nSPS) is 11.4. The van der Waals surface area contributed by atoms with E-state index in [1.807, 2.05) is 72.8 Å². The minimum Gasteiger partial charge on any atom is -0.493 e. The van der Waals surface area contributed by atoms with E-state index in [2.05, 4.69) is 16.7 Å². The van der Waals surface area contributed by atoms with Crippen molar-refractivity contribution in [3.05, 3.63) is 89.7 Å². The van der Waals surface area contributed by atoms with E-state index in [1.54, 1.807) is 14.2 Å². The molecule has 5 aromatic rings. The fourth-order valence-corrected chi connectivity index (χ4v) is 3.69. The highest BCUT2D eigenvalue weighted by molar-refractivity contribution is 5.84. The zero-order chi connectivity index (χ0) is 21.9. The lowest BCUT2D eigenvalue weighted by Crippen LogP contribution is -2.03. The Labute approximate surface area is 185 Å². The number of benzene rings is 3. The lowest BCUT2D eigenvalue weighted by atomic mass is 10.2. The van der Waals surface area contributed by atoms with Crippen LogP contribution in [0.25, 0.3) is 34.5 Å². The minimum atomic E-state index is 0.631. The lowest BCUT2D eigenvalue weighted by Gasteiger charge is -2.08. The van der Waals surface area contributed by atoms with E-state index in [0.29, 0.717) is 23.7 Å². The minimum absolute atomic E-state index is 0.631. The van der Waals surface area contributed by atoms with Crippen LogP contribution in [-0.4, -0.2) is 33.7 Å². The van der Waals surface area contributed by atoms with Gasteiger partial charge < -0.3 is 14.0 Å². The number of hydrogen-bond donors (Lipinski definition) is 0. The molecule has 2 heterocycles. The van der Waals surface area contributed by atoms with Gasteiger partial charge in [0.1, 0.15) is 5.82 Å². The fraction of sp³-hybridized carbons (Fsp3) is 0.115. The molecule has 3 aromatic carbocycles. The van der Waals surface area contributed by atoms with E-state index < -0.39 is 0 Å². The van der Waals surface area contributed by atoms with Crippen molar-refractivity contribution in [3.8, 4) is 11.5 Å². The van der Waals surface area contributed by atoms with Crippen LogP contribution in [0.1, 0.15) is 17.0 Å². The molecule has 0 unspecified atom stereocenters. The molecule has 6 nitrogen and oxygen atoms in total. The van der Waals surface area contributed by atoms with Gasteiger partial charge in [0, 0.05) is 0 Å². The molecule has 0 spiro atoms. The van der Waals surface area contributed by atoms with Crippen LogP contribution < -0.4 is 9.47 Å². The third-order valence-corrected chi connectivity index (χ3v) is 5.30. The number of imidazole rings is 1. The zero-order valence-electron chi connectivity index (χ0n) is 17.9. The van der Waals surface area contributed by atoms with Crippen LogP contribution in [0.15, 0.2) is 72.8 Å². The van der Waals surface area contributed by atoms with Crippen molar-refractivity contribution in [2.24, 2.45) is 0 Å². The van der Waals surface area contributed by atoms with Crippen LogP contribution >= 0.6 is 0 Å². The summed E-state index contributed by atoms with van der Waals surface area (Å²) in [7, 11) is 3.26. The second kappa shape index (κ2) is 8.51. The molecule has 5 rings (SSSR count). The van der Waals surface area contributed by atoms with Gasteiger partial charge in [0.15, 0.2) is 22.8 Å². The summed E-state index contributed by atoms with van der Waals surface area (Å²) >= 11 is 0. The average Bonchev–Trinajstić information content (AvgIpc) is 3.17. The summed E-state index contributed by atoms with van der Waals surface area (Å²) in [5.41, 5.74) is 5.23. The van der Waals surface area contributed by atoms with E-state index in [4.69, 9.17) is 24.4 Å². The third-order valence-electron chi connectivity index (χ3n) is 5.30. The number of nitrogens with zero attached hydrogens (tertiary/aromatic N) is 4. The van der Waals surface area contributed by atoms with Gasteiger partial charge in [-0.2, -0.15) is 0 Å². The molecule has 0 atom stereocenters. The molecule has 0 saturated carbocycles. The van der Waals surface area contributed by atoms with Crippen molar-refractivity contribution in [3.63, 3.8) is 0 Å². The van der Waals surface area contributed by atoms with E-state index in [9.17, 15) is 0 Å². The monoisotopic (exact) mass is 422 g/mol. The highest BCUT2D eigenvalue weighted by atomic mass is 16.5. The molecule has 32 heavy (non-hydrogen) atoms. The summed E-state index contributed by atoms with van der Waals surface area (Å²) in [5, 5.41) is 0. The molecule has 0 N–H and O–H groups in total. The molecule has 0 bridgehead atoms. The topological polar surface area (TPSA) is 62.1 Å². The van der Waals surface area contributed by atoms with Gasteiger partial charge in [0.25, 0.3) is 0 Å². The summed E-state index contributed by atoms with van der Waals surface area (Å²) in [6, 6.07) is 23.9. The Hall–Kier alpha value is -4.19. The molecule has 158 valence electrons. The van der Waals surface area contributed by atoms with Crippen LogP contribution in [0.2, 0.25) is 0 Å². The third kappa shape index (κ3) is 3.78. The van der Waals surface area contributed by atoms with E-state index >= 15 is 0 Å². The number of methoxy groups -OCH3 is 2. The van der Waals surface area contributed by atoms with Crippen LogP contribution in [0.5, 0.6) is 11.5 Å². The first-order valence-corrected chi connectivity index (χ1v) is 10.3. The number of rotatable bonds is 6. The van der Waals surface area contributed by atoms with Gasteiger partial charge in [0.05, 0.1) is 31.8 Å². The second-order valence-corrected chi connectivity index (χ2v) is 7.35.